The van der Waals surface area contributed by atoms with E-state index in [1.54, 1.807) is 41.9 Å². The van der Waals surface area contributed by atoms with E-state index in [1.807, 2.05) is 6.92 Å². The lowest BCUT2D eigenvalue weighted by molar-refractivity contribution is 0.103. The first-order chi connectivity index (χ1) is 11.9. The fraction of sp³-hybridized carbons (Fsp3) is 0.158. The molecule has 0 saturated heterocycles. The van der Waals surface area contributed by atoms with Gasteiger partial charge in [0.05, 0.1) is 39.5 Å². The minimum atomic E-state index is -0.332. The Morgan fingerprint density at radius 1 is 1.28 bits per heavy atom. The fourth-order valence-corrected chi connectivity index (χ4v) is 3.55. The van der Waals surface area contributed by atoms with Crippen LogP contribution in [0.1, 0.15) is 32.7 Å². The van der Waals surface area contributed by atoms with Crippen LogP contribution in [0.25, 0.3) is 10.9 Å². The van der Waals surface area contributed by atoms with E-state index in [2.05, 4.69) is 6.07 Å². The van der Waals surface area contributed by atoms with Crippen molar-refractivity contribution in [3.8, 4) is 6.07 Å². The van der Waals surface area contributed by atoms with E-state index >= 15 is 0 Å². The van der Waals surface area contributed by atoms with Gasteiger partial charge in [-0.3, -0.25) is 4.79 Å². The van der Waals surface area contributed by atoms with Crippen LogP contribution in [0.5, 0.6) is 0 Å². The molecule has 0 aliphatic heterocycles. The van der Waals surface area contributed by atoms with Crippen LogP contribution in [0.15, 0.2) is 30.3 Å². The number of halogens is 2. The third-order valence-corrected chi connectivity index (χ3v) is 5.05. The van der Waals surface area contributed by atoms with Crippen LogP contribution >= 0.6 is 23.2 Å². The standard InChI is InChI=1S/C19H14Cl2N2O2/c1-10-5-11(8-22)6-15-13(10)7-16(23(15)2)19(25)17-14(20)4-3-12(9-24)18(17)21/h3-7,24H,9H2,1-2H3. The molecule has 0 bridgehead atoms. The zero-order valence-corrected chi connectivity index (χ0v) is 15.1. The molecule has 0 aliphatic rings. The van der Waals surface area contributed by atoms with Crippen molar-refractivity contribution in [1.29, 1.82) is 5.26 Å². The molecule has 0 atom stereocenters. The number of nitriles is 1. The van der Waals surface area contributed by atoms with Gasteiger partial charge < -0.3 is 9.67 Å². The Hall–Kier alpha value is -2.32. The molecular formula is C19H14Cl2N2O2. The van der Waals surface area contributed by atoms with Crippen molar-refractivity contribution in [3.63, 3.8) is 0 Å². The summed E-state index contributed by atoms with van der Waals surface area (Å²) in [6, 6.07) is 10.6. The monoisotopic (exact) mass is 372 g/mol. The maximum Gasteiger partial charge on any atom is 0.212 e. The van der Waals surface area contributed by atoms with Crippen molar-refractivity contribution in [2.75, 3.05) is 0 Å². The molecule has 4 nitrogen and oxygen atoms in total. The van der Waals surface area contributed by atoms with Gasteiger partial charge in [-0.15, -0.1) is 0 Å². The molecule has 2 aromatic carbocycles. The maximum atomic E-state index is 13.1. The number of carbonyl (C=O) groups excluding carboxylic acids is 1. The molecule has 1 heterocycles. The second kappa shape index (κ2) is 6.53. The predicted octanol–water partition coefficient (Wildman–Crippen LogP) is 4.39. The van der Waals surface area contributed by atoms with Gasteiger partial charge >= 0.3 is 0 Å². The van der Waals surface area contributed by atoms with Crippen molar-refractivity contribution in [2.24, 2.45) is 7.05 Å². The molecule has 1 N–H and O–H groups in total. The van der Waals surface area contributed by atoms with Crippen LogP contribution in [0.2, 0.25) is 10.0 Å². The van der Waals surface area contributed by atoms with Gasteiger partial charge in [-0.05, 0) is 42.3 Å². The molecule has 0 fully saturated rings. The van der Waals surface area contributed by atoms with Gasteiger partial charge in [-0.1, -0.05) is 29.3 Å². The van der Waals surface area contributed by atoms with Gasteiger partial charge in [0.25, 0.3) is 0 Å². The third kappa shape index (κ3) is 2.81. The minimum absolute atomic E-state index is 0.152. The molecular weight excluding hydrogens is 359 g/mol. The number of hydrogen-bond acceptors (Lipinski definition) is 3. The van der Waals surface area contributed by atoms with Gasteiger partial charge in [0, 0.05) is 18.0 Å². The van der Waals surface area contributed by atoms with Crippen LogP contribution < -0.4 is 0 Å². The third-order valence-electron chi connectivity index (χ3n) is 4.30. The van der Waals surface area contributed by atoms with Crippen LogP contribution in [0.4, 0.5) is 0 Å². The van der Waals surface area contributed by atoms with E-state index in [-0.39, 0.29) is 28.0 Å². The van der Waals surface area contributed by atoms with Crippen LogP contribution in [0, 0.1) is 18.3 Å². The molecule has 3 aromatic rings. The Bertz CT molecular complexity index is 1060. The topological polar surface area (TPSA) is 66.0 Å². The Morgan fingerprint density at radius 3 is 2.64 bits per heavy atom. The average molecular weight is 373 g/mol. The lowest BCUT2D eigenvalue weighted by Crippen LogP contribution is -2.09. The highest BCUT2D eigenvalue weighted by Gasteiger charge is 2.23. The number of fused-ring (bicyclic) bond motifs is 1. The van der Waals surface area contributed by atoms with E-state index in [9.17, 15) is 9.90 Å². The summed E-state index contributed by atoms with van der Waals surface area (Å²) >= 11 is 12.5. The number of aromatic nitrogens is 1. The first kappa shape index (κ1) is 17.5. The van der Waals surface area contributed by atoms with E-state index in [0.29, 0.717) is 16.8 Å². The number of hydrogen-bond donors (Lipinski definition) is 1. The van der Waals surface area contributed by atoms with Crippen molar-refractivity contribution in [2.45, 2.75) is 13.5 Å². The van der Waals surface area contributed by atoms with E-state index in [0.717, 1.165) is 16.5 Å². The first-order valence-electron chi connectivity index (χ1n) is 7.51. The number of aliphatic hydroxyl groups excluding tert-OH is 1. The lowest BCUT2D eigenvalue weighted by atomic mass is 10.0. The fourth-order valence-electron chi connectivity index (χ4n) is 2.94. The SMILES string of the molecule is Cc1cc(C#N)cc2c1cc(C(=O)c1c(Cl)ccc(CO)c1Cl)n2C. The minimum Gasteiger partial charge on any atom is -0.392 e. The zero-order valence-electron chi connectivity index (χ0n) is 13.6. The molecule has 126 valence electrons. The molecule has 0 unspecified atom stereocenters. The van der Waals surface area contributed by atoms with Gasteiger partial charge in [-0.2, -0.15) is 5.26 Å². The number of rotatable bonds is 3. The quantitative estimate of drug-likeness (QED) is 0.693. The summed E-state index contributed by atoms with van der Waals surface area (Å²) < 4.78 is 1.73. The molecule has 1 aromatic heterocycles. The zero-order chi connectivity index (χ0) is 18.3. The van der Waals surface area contributed by atoms with Gasteiger partial charge in [0.2, 0.25) is 5.78 Å². The summed E-state index contributed by atoms with van der Waals surface area (Å²) in [7, 11) is 1.76. The Labute approximate surface area is 154 Å². The van der Waals surface area contributed by atoms with E-state index in [1.165, 1.54) is 0 Å². The summed E-state index contributed by atoms with van der Waals surface area (Å²) in [6.07, 6.45) is 0. The van der Waals surface area contributed by atoms with Crippen molar-refractivity contribution >= 4 is 39.9 Å². The molecule has 0 spiro atoms. The summed E-state index contributed by atoms with van der Waals surface area (Å²) in [5.74, 6) is -0.332. The van der Waals surface area contributed by atoms with Crippen molar-refractivity contribution in [3.05, 3.63) is 68.3 Å². The summed E-state index contributed by atoms with van der Waals surface area (Å²) in [5.41, 5.74) is 3.24. The first-order valence-corrected chi connectivity index (χ1v) is 8.27. The summed E-state index contributed by atoms with van der Waals surface area (Å²) in [6.45, 7) is 1.61. The lowest BCUT2D eigenvalue weighted by Gasteiger charge is -2.10. The largest absolute Gasteiger partial charge is 0.392 e. The maximum absolute atomic E-state index is 13.1. The summed E-state index contributed by atoms with van der Waals surface area (Å²) in [4.78, 5) is 13.1. The molecule has 0 amide bonds. The Balaban J connectivity index is 2.25. The highest BCUT2D eigenvalue weighted by molar-refractivity contribution is 6.41. The second-order valence-electron chi connectivity index (χ2n) is 5.81. The molecule has 0 saturated carbocycles. The number of benzene rings is 2. The Kier molecular flexibility index (Phi) is 4.57. The molecule has 0 radical (unpaired) electrons. The van der Waals surface area contributed by atoms with Crippen molar-refractivity contribution in [1.82, 2.24) is 4.57 Å². The predicted molar refractivity (Wildman–Crippen MR) is 98.2 cm³/mol. The molecule has 6 heteroatoms. The highest BCUT2D eigenvalue weighted by atomic mass is 35.5. The number of ketones is 1. The van der Waals surface area contributed by atoms with Gasteiger partial charge in [0.1, 0.15) is 0 Å². The second-order valence-corrected chi connectivity index (χ2v) is 6.59. The van der Waals surface area contributed by atoms with E-state index in [4.69, 9.17) is 28.5 Å². The number of aliphatic hydroxyl groups is 1. The van der Waals surface area contributed by atoms with Crippen LogP contribution in [-0.2, 0) is 13.7 Å². The molecule has 0 aliphatic carbocycles. The summed E-state index contributed by atoms with van der Waals surface area (Å²) in [5, 5.41) is 19.8. The molecule has 3 rings (SSSR count). The Morgan fingerprint density at radius 2 is 2.00 bits per heavy atom. The van der Waals surface area contributed by atoms with Gasteiger partial charge in [0.15, 0.2) is 0 Å². The van der Waals surface area contributed by atoms with E-state index < -0.39 is 0 Å². The normalized spacial score (nSPS) is 10.9. The van der Waals surface area contributed by atoms with Crippen LogP contribution in [-0.4, -0.2) is 15.5 Å². The number of nitrogens with zero attached hydrogens (tertiary/aromatic N) is 2. The van der Waals surface area contributed by atoms with Crippen LogP contribution in [0.3, 0.4) is 0 Å². The number of aryl methyl sites for hydroxylation is 2. The van der Waals surface area contributed by atoms with Gasteiger partial charge in [-0.25, -0.2) is 0 Å². The smallest absolute Gasteiger partial charge is 0.212 e. The average Bonchev–Trinajstić information content (AvgIpc) is 2.92. The molecule has 25 heavy (non-hydrogen) atoms. The number of carbonyl (C=O) groups is 1. The highest BCUT2D eigenvalue weighted by Crippen LogP contribution is 2.32. The van der Waals surface area contributed by atoms with Crippen molar-refractivity contribution < 1.29 is 9.90 Å².